The first-order valence-electron chi connectivity index (χ1n) is 6.68. The van der Waals surface area contributed by atoms with E-state index in [-0.39, 0.29) is 11.2 Å². The van der Waals surface area contributed by atoms with Crippen LogP contribution >= 0.6 is 46.6 Å². The van der Waals surface area contributed by atoms with Gasteiger partial charge in [-0.1, -0.05) is 47.8 Å². The quantitative estimate of drug-likeness (QED) is 0.635. The molecule has 2 nitrogen and oxygen atoms in total. The Morgan fingerprint density at radius 2 is 1.68 bits per heavy atom. The summed E-state index contributed by atoms with van der Waals surface area (Å²) >= 11 is 19.5. The minimum atomic E-state index is -0.242. The van der Waals surface area contributed by atoms with Crippen molar-refractivity contribution in [3.63, 3.8) is 0 Å². The molecule has 1 N–H and O–H groups in total. The summed E-state index contributed by atoms with van der Waals surface area (Å²) in [7, 11) is 0. The van der Waals surface area contributed by atoms with Crippen molar-refractivity contribution < 1.29 is 4.79 Å². The van der Waals surface area contributed by atoms with E-state index in [1.807, 2.05) is 19.1 Å². The van der Waals surface area contributed by atoms with E-state index in [2.05, 4.69) is 5.32 Å². The predicted octanol–water partition coefficient (Wildman–Crippen LogP) is 6.16. The van der Waals surface area contributed by atoms with Crippen molar-refractivity contribution in [1.82, 2.24) is 0 Å². The Labute approximate surface area is 149 Å². The molecule has 0 saturated heterocycles. The van der Waals surface area contributed by atoms with Gasteiger partial charge in [-0.15, -0.1) is 11.8 Å². The van der Waals surface area contributed by atoms with E-state index in [1.54, 1.807) is 30.3 Å². The molecule has 6 heteroatoms. The summed E-state index contributed by atoms with van der Waals surface area (Å²) in [5.41, 5.74) is 0.450. The van der Waals surface area contributed by atoms with Gasteiger partial charge in [-0.3, -0.25) is 4.79 Å². The second kappa shape index (κ2) is 8.11. The fraction of sp³-hybridized carbons (Fsp3) is 0.188. The molecule has 0 fully saturated rings. The molecule has 116 valence electrons. The van der Waals surface area contributed by atoms with Crippen LogP contribution in [0.3, 0.4) is 0 Å². The van der Waals surface area contributed by atoms with Crippen molar-refractivity contribution in [2.24, 2.45) is 0 Å². The summed E-state index contributed by atoms with van der Waals surface area (Å²) in [5, 5.41) is 4.09. The highest BCUT2D eigenvalue weighted by Crippen LogP contribution is 2.32. The van der Waals surface area contributed by atoms with Crippen LogP contribution in [0.25, 0.3) is 0 Å². The number of carbonyl (C=O) groups is 1. The molecule has 1 amide bonds. The summed E-state index contributed by atoms with van der Waals surface area (Å²) in [6.07, 6.45) is 0.682. The van der Waals surface area contributed by atoms with E-state index >= 15 is 0 Å². The minimum absolute atomic E-state index is 0.127. The maximum atomic E-state index is 12.4. The van der Waals surface area contributed by atoms with Crippen LogP contribution in [0.2, 0.25) is 15.1 Å². The lowest BCUT2D eigenvalue weighted by atomic mass is 10.2. The number of thioether (sulfide) groups is 1. The van der Waals surface area contributed by atoms with Gasteiger partial charge < -0.3 is 5.32 Å². The molecule has 1 atom stereocenters. The number of halogens is 3. The third kappa shape index (κ3) is 4.56. The molecule has 22 heavy (non-hydrogen) atoms. The standard InChI is InChI=1S/C16H14Cl3NOS/c1-2-14(22-11-8-6-10(17)7-9-11)16(21)20-15-12(18)4-3-5-13(15)19/h3-9,14H,2H2,1H3,(H,20,21)/t14-/m0/s1. The van der Waals surface area contributed by atoms with Crippen molar-refractivity contribution >= 4 is 58.2 Å². The third-order valence-electron chi connectivity index (χ3n) is 2.97. The van der Waals surface area contributed by atoms with Gasteiger partial charge in [0.15, 0.2) is 0 Å². The Morgan fingerprint density at radius 1 is 1.09 bits per heavy atom. The highest BCUT2D eigenvalue weighted by Gasteiger charge is 2.20. The number of amides is 1. The van der Waals surface area contributed by atoms with E-state index in [9.17, 15) is 4.79 Å². The number of rotatable bonds is 5. The van der Waals surface area contributed by atoms with Crippen LogP contribution in [0.15, 0.2) is 47.4 Å². The van der Waals surface area contributed by atoms with E-state index < -0.39 is 0 Å². The van der Waals surface area contributed by atoms with Gasteiger partial charge in [0.1, 0.15) is 0 Å². The Kier molecular flexibility index (Phi) is 6.45. The first kappa shape index (κ1) is 17.5. The van der Waals surface area contributed by atoms with Crippen LogP contribution in [0.4, 0.5) is 5.69 Å². The summed E-state index contributed by atoms with van der Waals surface area (Å²) in [6.45, 7) is 1.96. The van der Waals surface area contributed by atoms with Gasteiger partial charge in [0, 0.05) is 9.92 Å². The molecule has 0 unspecified atom stereocenters. The van der Waals surface area contributed by atoms with Gasteiger partial charge >= 0.3 is 0 Å². The molecule has 0 heterocycles. The molecule has 0 aromatic heterocycles. The molecular weight excluding hydrogens is 361 g/mol. The summed E-state index contributed by atoms with van der Waals surface area (Å²) in [5.74, 6) is -0.127. The zero-order valence-corrected chi connectivity index (χ0v) is 14.9. The zero-order valence-electron chi connectivity index (χ0n) is 11.8. The summed E-state index contributed by atoms with van der Waals surface area (Å²) in [4.78, 5) is 13.4. The van der Waals surface area contributed by atoms with Gasteiger partial charge in [-0.25, -0.2) is 0 Å². The molecule has 0 aliphatic carbocycles. The first-order chi connectivity index (χ1) is 10.5. The molecule has 0 bridgehead atoms. The average molecular weight is 375 g/mol. The molecule has 2 aromatic carbocycles. The molecule has 0 spiro atoms. The van der Waals surface area contributed by atoms with Crippen molar-refractivity contribution in [3.05, 3.63) is 57.5 Å². The number of benzene rings is 2. The fourth-order valence-corrected chi connectivity index (χ4v) is 3.39. The number of carbonyl (C=O) groups excluding carboxylic acids is 1. The van der Waals surface area contributed by atoms with Gasteiger partial charge in [-0.2, -0.15) is 0 Å². The summed E-state index contributed by atoms with van der Waals surface area (Å²) in [6, 6.07) is 12.5. The molecule has 2 aromatic rings. The van der Waals surface area contributed by atoms with Gasteiger partial charge in [0.05, 0.1) is 21.0 Å². The molecule has 0 saturated carbocycles. The number of nitrogens with one attached hydrogen (secondary N) is 1. The highest BCUT2D eigenvalue weighted by molar-refractivity contribution is 8.00. The van der Waals surface area contributed by atoms with Crippen LogP contribution in [0.5, 0.6) is 0 Å². The average Bonchev–Trinajstić information content (AvgIpc) is 2.50. The van der Waals surface area contributed by atoms with Crippen molar-refractivity contribution in [1.29, 1.82) is 0 Å². The first-order valence-corrected chi connectivity index (χ1v) is 8.69. The monoisotopic (exact) mass is 373 g/mol. The van der Waals surface area contributed by atoms with E-state index in [4.69, 9.17) is 34.8 Å². The van der Waals surface area contributed by atoms with E-state index in [1.165, 1.54) is 11.8 Å². The van der Waals surface area contributed by atoms with Gasteiger partial charge in [0.2, 0.25) is 5.91 Å². The maximum absolute atomic E-state index is 12.4. The van der Waals surface area contributed by atoms with Crippen LogP contribution in [-0.2, 0) is 4.79 Å². The topological polar surface area (TPSA) is 29.1 Å². The molecule has 2 rings (SSSR count). The molecule has 0 aliphatic heterocycles. The van der Waals surface area contributed by atoms with Crippen molar-refractivity contribution in [2.45, 2.75) is 23.5 Å². The largest absolute Gasteiger partial charge is 0.323 e. The Bertz CT molecular complexity index is 641. The lowest BCUT2D eigenvalue weighted by molar-refractivity contribution is -0.115. The second-order valence-corrected chi connectivity index (χ2v) is 7.08. The molecular formula is C16H14Cl3NOS. The van der Waals surface area contributed by atoms with Crippen LogP contribution in [0, 0.1) is 0 Å². The van der Waals surface area contributed by atoms with Crippen LogP contribution < -0.4 is 5.32 Å². The Hall–Kier alpha value is -0.870. The van der Waals surface area contributed by atoms with Crippen LogP contribution in [0.1, 0.15) is 13.3 Å². The van der Waals surface area contributed by atoms with E-state index in [0.717, 1.165) is 4.90 Å². The smallest absolute Gasteiger partial charge is 0.237 e. The van der Waals surface area contributed by atoms with Gasteiger partial charge in [-0.05, 0) is 42.8 Å². The summed E-state index contributed by atoms with van der Waals surface area (Å²) < 4.78 is 0. The SMILES string of the molecule is CC[C@H](Sc1ccc(Cl)cc1)C(=O)Nc1c(Cl)cccc1Cl. The lowest BCUT2D eigenvalue weighted by Crippen LogP contribution is -2.24. The third-order valence-corrected chi connectivity index (χ3v) is 5.22. The number of hydrogen-bond donors (Lipinski definition) is 1. The number of anilines is 1. The Balaban J connectivity index is 2.10. The molecule has 0 aliphatic rings. The maximum Gasteiger partial charge on any atom is 0.237 e. The van der Waals surface area contributed by atoms with Crippen molar-refractivity contribution in [2.75, 3.05) is 5.32 Å². The molecule has 0 radical (unpaired) electrons. The normalized spacial score (nSPS) is 12.0. The number of para-hydroxylation sites is 1. The predicted molar refractivity (Wildman–Crippen MR) is 96.5 cm³/mol. The highest BCUT2D eigenvalue weighted by atomic mass is 35.5. The Morgan fingerprint density at radius 3 is 2.23 bits per heavy atom. The van der Waals surface area contributed by atoms with Crippen LogP contribution in [-0.4, -0.2) is 11.2 Å². The van der Waals surface area contributed by atoms with E-state index in [0.29, 0.717) is 27.2 Å². The fourth-order valence-electron chi connectivity index (χ4n) is 1.82. The number of hydrogen-bond acceptors (Lipinski definition) is 2. The lowest BCUT2D eigenvalue weighted by Gasteiger charge is -2.16. The minimum Gasteiger partial charge on any atom is -0.323 e. The van der Waals surface area contributed by atoms with Crippen molar-refractivity contribution in [3.8, 4) is 0 Å². The second-order valence-electron chi connectivity index (χ2n) is 4.55. The zero-order chi connectivity index (χ0) is 16.1. The van der Waals surface area contributed by atoms with Gasteiger partial charge in [0.25, 0.3) is 0 Å².